The monoisotopic (exact) mass is 211 g/mol. The molecule has 0 bridgehead atoms. The number of likely N-dealkylation sites (tertiary alicyclic amines) is 1. The molecule has 1 fully saturated rings. The van der Waals surface area contributed by atoms with Crippen LogP contribution in [0.1, 0.15) is 18.4 Å². The molecule has 1 nitrogen and oxygen atoms in total. The van der Waals surface area contributed by atoms with Crippen LogP contribution in [-0.2, 0) is 6.54 Å². The smallest absolute Gasteiger partial charge is 0.0759 e. The van der Waals surface area contributed by atoms with E-state index in [9.17, 15) is 0 Å². The summed E-state index contributed by atoms with van der Waals surface area (Å²) in [6.45, 7) is 7.24. The van der Waals surface area contributed by atoms with Gasteiger partial charge < -0.3 is 0 Å². The first kappa shape index (κ1) is 11.5. The summed E-state index contributed by atoms with van der Waals surface area (Å²) in [5.41, 5.74) is 2.58. The second-order valence-corrected chi connectivity index (χ2v) is 4.57. The van der Waals surface area contributed by atoms with Gasteiger partial charge in [0.05, 0.1) is 7.85 Å². The molecule has 1 aromatic carbocycles. The number of hydrogen-bond donors (Lipinski definition) is 0. The van der Waals surface area contributed by atoms with Gasteiger partial charge in [-0.25, -0.2) is 0 Å². The molecular formula is C14H18BN. The Morgan fingerprint density at radius 3 is 2.75 bits per heavy atom. The maximum atomic E-state index is 6.01. The van der Waals surface area contributed by atoms with Crippen molar-refractivity contribution in [2.45, 2.75) is 25.2 Å². The molecule has 0 N–H and O–H groups in total. The summed E-state index contributed by atoms with van der Waals surface area (Å²) in [6.07, 6.45) is 2.07. The van der Waals surface area contributed by atoms with Gasteiger partial charge >= 0.3 is 0 Å². The number of benzene rings is 1. The van der Waals surface area contributed by atoms with Gasteiger partial charge in [-0.15, -0.1) is 6.58 Å². The predicted octanol–water partition coefficient (Wildman–Crippen LogP) is 2.80. The van der Waals surface area contributed by atoms with E-state index >= 15 is 0 Å². The zero-order valence-electron chi connectivity index (χ0n) is 9.73. The van der Waals surface area contributed by atoms with Crippen LogP contribution in [0.25, 0.3) is 0 Å². The number of hydrogen-bond acceptors (Lipinski definition) is 1. The summed E-state index contributed by atoms with van der Waals surface area (Å²) in [7, 11) is 6.01. The molecule has 1 heterocycles. The SMILES string of the molecule is [B]C1CCN(Cc2ccccc2)CCC1=C. The fourth-order valence-electron chi connectivity index (χ4n) is 2.12. The van der Waals surface area contributed by atoms with E-state index in [1.54, 1.807) is 0 Å². The highest BCUT2D eigenvalue weighted by Gasteiger charge is 2.15. The van der Waals surface area contributed by atoms with Crippen LogP contribution in [0, 0.1) is 0 Å². The predicted molar refractivity (Wildman–Crippen MR) is 69.6 cm³/mol. The Labute approximate surface area is 99.6 Å². The van der Waals surface area contributed by atoms with E-state index in [-0.39, 0.29) is 5.82 Å². The van der Waals surface area contributed by atoms with Gasteiger partial charge in [0.25, 0.3) is 0 Å². The maximum absolute atomic E-state index is 6.01. The fraction of sp³-hybridized carbons (Fsp3) is 0.429. The minimum atomic E-state index is 0.195. The van der Waals surface area contributed by atoms with Crippen LogP contribution in [0.4, 0.5) is 0 Å². The van der Waals surface area contributed by atoms with Crippen molar-refractivity contribution in [3.63, 3.8) is 0 Å². The molecule has 0 aliphatic carbocycles. The van der Waals surface area contributed by atoms with Crippen molar-refractivity contribution in [2.24, 2.45) is 0 Å². The Bertz CT molecular complexity index is 347. The van der Waals surface area contributed by atoms with E-state index in [2.05, 4.69) is 41.8 Å². The molecular weight excluding hydrogens is 193 g/mol. The average molecular weight is 211 g/mol. The molecule has 1 aliphatic heterocycles. The van der Waals surface area contributed by atoms with Crippen LogP contribution in [0.5, 0.6) is 0 Å². The number of rotatable bonds is 2. The van der Waals surface area contributed by atoms with Crippen LogP contribution in [0.15, 0.2) is 42.5 Å². The molecule has 16 heavy (non-hydrogen) atoms. The second kappa shape index (κ2) is 5.35. The third kappa shape index (κ3) is 2.99. The van der Waals surface area contributed by atoms with Gasteiger partial charge in [-0.05, 0) is 24.9 Å². The summed E-state index contributed by atoms with van der Waals surface area (Å²) in [5, 5.41) is 0. The Morgan fingerprint density at radius 1 is 1.25 bits per heavy atom. The first-order valence-corrected chi connectivity index (χ1v) is 5.95. The Balaban J connectivity index is 1.94. The van der Waals surface area contributed by atoms with E-state index in [1.165, 1.54) is 11.1 Å². The largest absolute Gasteiger partial charge is 0.299 e. The Morgan fingerprint density at radius 2 is 2.00 bits per heavy atom. The average Bonchev–Trinajstić information content (AvgIpc) is 2.46. The van der Waals surface area contributed by atoms with Gasteiger partial charge in [0.2, 0.25) is 0 Å². The minimum absolute atomic E-state index is 0.195. The summed E-state index contributed by atoms with van der Waals surface area (Å²) >= 11 is 0. The van der Waals surface area contributed by atoms with Crippen LogP contribution in [0.3, 0.4) is 0 Å². The van der Waals surface area contributed by atoms with Crippen molar-refractivity contribution >= 4 is 7.85 Å². The van der Waals surface area contributed by atoms with Gasteiger partial charge in [0.15, 0.2) is 0 Å². The lowest BCUT2D eigenvalue weighted by Gasteiger charge is -2.19. The molecule has 82 valence electrons. The quantitative estimate of drug-likeness (QED) is 0.537. The molecule has 1 aliphatic rings. The molecule has 1 saturated heterocycles. The summed E-state index contributed by atoms with van der Waals surface area (Å²) < 4.78 is 0. The molecule has 1 aromatic rings. The van der Waals surface area contributed by atoms with Crippen molar-refractivity contribution in [3.8, 4) is 0 Å². The molecule has 0 amide bonds. The van der Waals surface area contributed by atoms with Crippen LogP contribution < -0.4 is 0 Å². The van der Waals surface area contributed by atoms with Gasteiger partial charge in [-0.3, -0.25) is 4.90 Å². The zero-order valence-corrected chi connectivity index (χ0v) is 9.73. The normalized spacial score (nSPS) is 23.0. The highest BCUT2D eigenvalue weighted by molar-refractivity contribution is 6.13. The van der Waals surface area contributed by atoms with Crippen molar-refractivity contribution in [3.05, 3.63) is 48.0 Å². The van der Waals surface area contributed by atoms with Crippen LogP contribution in [0.2, 0.25) is 5.82 Å². The summed E-state index contributed by atoms with van der Waals surface area (Å²) in [5.74, 6) is 0.195. The van der Waals surface area contributed by atoms with Gasteiger partial charge in [0, 0.05) is 13.1 Å². The summed E-state index contributed by atoms with van der Waals surface area (Å²) in [4.78, 5) is 2.47. The Hall–Kier alpha value is -1.02. The fourth-order valence-corrected chi connectivity index (χ4v) is 2.12. The van der Waals surface area contributed by atoms with E-state index in [0.29, 0.717) is 0 Å². The third-order valence-corrected chi connectivity index (χ3v) is 3.28. The van der Waals surface area contributed by atoms with E-state index < -0.39 is 0 Å². The van der Waals surface area contributed by atoms with Crippen LogP contribution >= 0.6 is 0 Å². The lowest BCUT2D eigenvalue weighted by Crippen LogP contribution is -2.24. The van der Waals surface area contributed by atoms with Crippen molar-refractivity contribution in [1.82, 2.24) is 4.90 Å². The minimum Gasteiger partial charge on any atom is -0.299 e. The molecule has 1 atom stereocenters. The summed E-state index contributed by atoms with van der Waals surface area (Å²) in [6, 6.07) is 10.6. The van der Waals surface area contributed by atoms with Crippen molar-refractivity contribution < 1.29 is 0 Å². The maximum Gasteiger partial charge on any atom is 0.0759 e. The highest BCUT2D eigenvalue weighted by Crippen LogP contribution is 2.24. The first-order chi connectivity index (χ1) is 7.75. The molecule has 2 heteroatoms. The molecule has 1 unspecified atom stereocenters. The Kier molecular flexibility index (Phi) is 3.84. The second-order valence-electron chi connectivity index (χ2n) is 4.57. The standard InChI is InChI=1S/C14H18BN/c1-12-7-9-16(10-8-14(12)15)11-13-5-3-2-4-6-13/h2-6,14H,1,7-11H2. The highest BCUT2D eigenvalue weighted by atomic mass is 15.1. The topological polar surface area (TPSA) is 3.24 Å². The molecule has 0 aromatic heterocycles. The zero-order chi connectivity index (χ0) is 11.4. The molecule has 0 spiro atoms. The van der Waals surface area contributed by atoms with Crippen molar-refractivity contribution in [2.75, 3.05) is 13.1 Å². The van der Waals surface area contributed by atoms with Gasteiger partial charge in [0.1, 0.15) is 0 Å². The van der Waals surface area contributed by atoms with E-state index in [1.807, 2.05) is 0 Å². The van der Waals surface area contributed by atoms with Crippen molar-refractivity contribution in [1.29, 1.82) is 0 Å². The lowest BCUT2D eigenvalue weighted by molar-refractivity contribution is 0.278. The molecule has 2 rings (SSSR count). The van der Waals surface area contributed by atoms with Gasteiger partial charge in [-0.2, -0.15) is 0 Å². The van der Waals surface area contributed by atoms with E-state index in [0.717, 1.165) is 32.5 Å². The lowest BCUT2D eigenvalue weighted by atomic mass is 9.78. The molecule has 2 radical (unpaired) electrons. The molecule has 0 saturated carbocycles. The van der Waals surface area contributed by atoms with E-state index in [4.69, 9.17) is 7.85 Å². The number of nitrogens with zero attached hydrogens (tertiary/aromatic N) is 1. The third-order valence-electron chi connectivity index (χ3n) is 3.28. The van der Waals surface area contributed by atoms with Crippen LogP contribution in [-0.4, -0.2) is 25.8 Å². The van der Waals surface area contributed by atoms with Gasteiger partial charge in [-0.1, -0.05) is 41.7 Å². The first-order valence-electron chi connectivity index (χ1n) is 5.95.